The molecule has 0 saturated heterocycles. The predicted molar refractivity (Wildman–Crippen MR) is 85.1 cm³/mol. The monoisotopic (exact) mass is 313 g/mol. The molecule has 1 atom stereocenters. The summed E-state index contributed by atoms with van der Waals surface area (Å²) in [5.41, 5.74) is 3.05. The molecule has 1 aromatic carbocycles. The smallest absolute Gasteiger partial charge is 0.222 e. The van der Waals surface area contributed by atoms with Crippen LogP contribution in [0, 0.1) is 0 Å². The molecule has 1 aromatic heterocycles. The van der Waals surface area contributed by atoms with Gasteiger partial charge in [0.25, 0.3) is 0 Å². The number of carbonyl (C=O) groups is 1. The van der Waals surface area contributed by atoms with E-state index in [0.29, 0.717) is 19.6 Å². The van der Waals surface area contributed by atoms with E-state index in [1.165, 1.54) is 6.33 Å². The number of nitrogens with zero attached hydrogens (tertiary/aromatic N) is 2. The molecule has 1 aliphatic rings. The van der Waals surface area contributed by atoms with Gasteiger partial charge in [0.15, 0.2) is 0 Å². The molecule has 0 aliphatic carbocycles. The standard InChI is InChI=1S/C17H19N3O3/c1-22-6-5-16(21)20-10-14-7-12-3-2-4-15(17(12)23-14)13-8-18-11-19-9-13/h2-4,8-9,11,14H,5-7,10H2,1H3,(H,20,21)/t14-/m0/s1. The van der Waals surface area contributed by atoms with Crippen molar-refractivity contribution < 1.29 is 14.3 Å². The van der Waals surface area contributed by atoms with Crippen LogP contribution in [-0.4, -0.2) is 42.2 Å². The third-order valence-corrected chi connectivity index (χ3v) is 3.76. The normalized spacial score (nSPS) is 15.8. The predicted octanol–water partition coefficient (Wildman–Crippen LogP) is 1.60. The number of ether oxygens (including phenoxy) is 2. The fourth-order valence-electron chi connectivity index (χ4n) is 2.63. The van der Waals surface area contributed by atoms with Gasteiger partial charge in [0.05, 0.1) is 13.2 Å². The Morgan fingerprint density at radius 1 is 1.39 bits per heavy atom. The van der Waals surface area contributed by atoms with E-state index in [4.69, 9.17) is 9.47 Å². The summed E-state index contributed by atoms with van der Waals surface area (Å²) in [6.07, 6.45) is 6.13. The summed E-state index contributed by atoms with van der Waals surface area (Å²) in [6.45, 7) is 0.914. The Hall–Kier alpha value is -2.47. The van der Waals surface area contributed by atoms with E-state index in [1.54, 1.807) is 19.5 Å². The van der Waals surface area contributed by atoms with Crippen molar-refractivity contribution in [1.82, 2.24) is 15.3 Å². The largest absolute Gasteiger partial charge is 0.487 e. The molecule has 6 nitrogen and oxygen atoms in total. The molecule has 1 amide bonds. The van der Waals surface area contributed by atoms with Crippen molar-refractivity contribution in [3.63, 3.8) is 0 Å². The van der Waals surface area contributed by atoms with Crippen molar-refractivity contribution in [3.05, 3.63) is 42.5 Å². The van der Waals surface area contributed by atoms with Crippen molar-refractivity contribution in [1.29, 1.82) is 0 Å². The van der Waals surface area contributed by atoms with Gasteiger partial charge in [-0.3, -0.25) is 4.79 Å². The minimum Gasteiger partial charge on any atom is -0.487 e. The summed E-state index contributed by atoms with van der Waals surface area (Å²) in [5, 5.41) is 2.88. The molecule has 2 aromatic rings. The quantitative estimate of drug-likeness (QED) is 0.877. The summed E-state index contributed by atoms with van der Waals surface area (Å²) >= 11 is 0. The average Bonchev–Trinajstić information content (AvgIpc) is 3.02. The van der Waals surface area contributed by atoms with Crippen molar-refractivity contribution in [2.45, 2.75) is 18.9 Å². The van der Waals surface area contributed by atoms with E-state index in [2.05, 4.69) is 21.4 Å². The lowest BCUT2D eigenvalue weighted by atomic mass is 10.0. The Morgan fingerprint density at radius 3 is 3.00 bits per heavy atom. The van der Waals surface area contributed by atoms with E-state index in [0.717, 1.165) is 28.9 Å². The summed E-state index contributed by atoms with van der Waals surface area (Å²) in [5.74, 6) is 0.835. The van der Waals surface area contributed by atoms with Crippen LogP contribution in [-0.2, 0) is 16.0 Å². The Labute approximate surface area is 134 Å². The number of methoxy groups -OCH3 is 1. The average molecular weight is 313 g/mol. The molecule has 0 radical (unpaired) electrons. The highest BCUT2D eigenvalue weighted by molar-refractivity contribution is 5.76. The summed E-state index contributed by atoms with van der Waals surface area (Å²) in [4.78, 5) is 19.8. The maximum absolute atomic E-state index is 11.7. The number of carbonyl (C=O) groups excluding carboxylic acids is 1. The van der Waals surface area contributed by atoms with Crippen LogP contribution in [0.4, 0.5) is 0 Å². The number of rotatable bonds is 6. The first kappa shape index (κ1) is 15.4. The van der Waals surface area contributed by atoms with Gasteiger partial charge in [-0.25, -0.2) is 9.97 Å². The van der Waals surface area contributed by atoms with Crippen molar-refractivity contribution in [3.8, 4) is 16.9 Å². The molecule has 0 unspecified atom stereocenters. The molecule has 0 bridgehead atoms. The minimum absolute atomic E-state index is 0.0249. The van der Waals surface area contributed by atoms with Crippen LogP contribution in [0.2, 0.25) is 0 Å². The number of fused-ring (bicyclic) bond motifs is 1. The maximum atomic E-state index is 11.7. The van der Waals surface area contributed by atoms with Crippen LogP contribution >= 0.6 is 0 Å². The van der Waals surface area contributed by atoms with Gasteiger partial charge in [-0.2, -0.15) is 0 Å². The number of hydrogen-bond donors (Lipinski definition) is 1. The first-order valence-corrected chi connectivity index (χ1v) is 7.57. The number of nitrogens with one attached hydrogen (secondary N) is 1. The van der Waals surface area contributed by atoms with Crippen LogP contribution in [0.1, 0.15) is 12.0 Å². The topological polar surface area (TPSA) is 73.3 Å². The molecule has 2 heterocycles. The van der Waals surface area contributed by atoms with Gasteiger partial charge in [-0.1, -0.05) is 18.2 Å². The highest BCUT2D eigenvalue weighted by atomic mass is 16.5. The highest BCUT2D eigenvalue weighted by Gasteiger charge is 2.26. The van der Waals surface area contributed by atoms with Crippen LogP contribution < -0.4 is 10.1 Å². The number of aromatic nitrogens is 2. The Morgan fingerprint density at radius 2 is 2.22 bits per heavy atom. The van der Waals surface area contributed by atoms with Crippen LogP contribution in [0.3, 0.4) is 0 Å². The van der Waals surface area contributed by atoms with Crippen molar-refractivity contribution in [2.24, 2.45) is 0 Å². The molecule has 0 spiro atoms. The summed E-state index contributed by atoms with van der Waals surface area (Å²) in [7, 11) is 1.58. The van der Waals surface area contributed by atoms with E-state index in [9.17, 15) is 4.79 Å². The number of para-hydroxylation sites is 1. The Kier molecular flexibility index (Phi) is 4.83. The Bertz CT molecular complexity index is 676. The second-order valence-electron chi connectivity index (χ2n) is 5.41. The number of hydrogen-bond acceptors (Lipinski definition) is 5. The van der Waals surface area contributed by atoms with Gasteiger partial charge in [0, 0.05) is 43.5 Å². The van der Waals surface area contributed by atoms with E-state index < -0.39 is 0 Å². The fraction of sp³-hybridized carbons (Fsp3) is 0.353. The molecular formula is C17H19N3O3. The van der Waals surface area contributed by atoms with Crippen LogP contribution in [0.25, 0.3) is 11.1 Å². The molecule has 0 fully saturated rings. The number of benzene rings is 1. The van der Waals surface area contributed by atoms with Gasteiger partial charge in [0.1, 0.15) is 18.2 Å². The molecule has 23 heavy (non-hydrogen) atoms. The molecular weight excluding hydrogens is 294 g/mol. The Balaban J connectivity index is 1.66. The second-order valence-corrected chi connectivity index (χ2v) is 5.41. The third-order valence-electron chi connectivity index (χ3n) is 3.76. The van der Waals surface area contributed by atoms with E-state index >= 15 is 0 Å². The van der Waals surface area contributed by atoms with Crippen molar-refractivity contribution >= 4 is 5.91 Å². The third kappa shape index (κ3) is 3.65. The van der Waals surface area contributed by atoms with Crippen molar-refractivity contribution in [2.75, 3.05) is 20.3 Å². The lowest BCUT2D eigenvalue weighted by molar-refractivity contribution is -0.122. The minimum atomic E-state index is -0.0534. The van der Waals surface area contributed by atoms with Gasteiger partial charge in [-0.15, -0.1) is 0 Å². The zero-order chi connectivity index (χ0) is 16.1. The molecule has 1 N–H and O–H groups in total. The first-order chi connectivity index (χ1) is 11.3. The van der Waals surface area contributed by atoms with Gasteiger partial charge in [0.2, 0.25) is 5.91 Å². The summed E-state index contributed by atoms with van der Waals surface area (Å²) in [6, 6.07) is 6.05. The van der Waals surface area contributed by atoms with Crippen LogP contribution in [0.15, 0.2) is 36.9 Å². The first-order valence-electron chi connectivity index (χ1n) is 7.57. The zero-order valence-electron chi connectivity index (χ0n) is 13.0. The maximum Gasteiger partial charge on any atom is 0.222 e. The molecule has 120 valence electrons. The SMILES string of the molecule is COCCC(=O)NC[C@@H]1Cc2cccc(-c3cncnc3)c2O1. The highest BCUT2D eigenvalue weighted by Crippen LogP contribution is 2.38. The van der Waals surface area contributed by atoms with Gasteiger partial charge >= 0.3 is 0 Å². The number of amides is 1. The van der Waals surface area contributed by atoms with Gasteiger partial charge < -0.3 is 14.8 Å². The molecule has 1 aliphatic heterocycles. The molecule has 3 rings (SSSR count). The summed E-state index contributed by atoms with van der Waals surface area (Å²) < 4.78 is 10.9. The second kappa shape index (κ2) is 7.19. The molecule has 0 saturated carbocycles. The van der Waals surface area contributed by atoms with E-state index in [-0.39, 0.29) is 12.0 Å². The lowest BCUT2D eigenvalue weighted by Crippen LogP contribution is -2.34. The molecule has 6 heteroatoms. The fourth-order valence-corrected chi connectivity index (χ4v) is 2.63. The van der Waals surface area contributed by atoms with Crippen LogP contribution in [0.5, 0.6) is 5.75 Å². The lowest BCUT2D eigenvalue weighted by Gasteiger charge is -2.13. The zero-order valence-corrected chi connectivity index (χ0v) is 13.0. The van der Waals surface area contributed by atoms with E-state index in [1.807, 2.05) is 12.1 Å². The van der Waals surface area contributed by atoms with Gasteiger partial charge in [-0.05, 0) is 5.56 Å².